The molecule has 11 nitrogen and oxygen atoms in total. The van der Waals surface area contributed by atoms with Gasteiger partial charge < -0.3 is 19.9 Å². The van der Waals surface area contributed by atoms with E-state index < -0.39 is 15.7 Å². The number of aromatic nitrogens is 5. The van der Waals surface area contributed by atoms with E-state index in [-0.39, 0.29) is 22.4 Å². The van der Waals surface area contributed by atoms with Crippen LogP contribution in [0.1, 0.15) is 30.0 Å². The summed E-state index contributed by atoms with van der Waals surface area (Å²) in [5.41, 5.74) is 2.75. The molecular weight excluding hydrogens is 523 g/mol. The largest absolute Gasteiger partial charge is 0.489 e. The zero-order valence-electron chi connectivity index (χ0n) is 21.6. The lowest BCUT2D eigenvalue weighted by molar-refractivity contribution is 0.313. The average molecular weight is 551 g/mol. The lowest BCUT2D eigenvalue weighted by Gasteiger charge is -2.32. The molecule has 202 valence electrons. The Morgan fingerprint density at radius 1 is 1.21 bits per heavy atom. The summed E-state index contributed by atoms with van der Waals surface area (Å²) in [5, 5.41) is 10.6. The second kappa shape index (κ2) is 9.49. The number of H-pyrrole nitrogens is 1. The zero-order valence-corrected chi connectivity index (χ0v) is 22.5. The highest BCUT2D eigenvalue weighted by Gasteiger charge is 2.36. The van der Waals surface area contributed by atoms with E-state index in [0.717, 1.165) is 42.1 Å². The summed E-state index contributed by atoms with van der Waals surface area (Å²) in [4.78, 5) is 17.5. The number of pyridine rings is 1. The summed E-state index contributed by atoms with van der Waals surface area (Å²) in [6.07, 6.45) is 6.45. The minimum atomic E-state index is -3.56. The summed E-state index contributed by atoms with van der Waals surface area (Å²) in [5.74, 6) is 2.32. The third-order valence-corrected chi connectivity index (χ3v) is 7.85. The van der Waals surface area contributed by atoms with Crippen LogP contribution in [0.15, 0.2) is 47.6 Å². The molecule has 0 radical (unpaired) electrons. The van der Waals surface area contributed by atoms with Gasteiger partial charge in [0.25, 0.3) is 0 Å². The smallest absolute Gasteiger partial charge is 0.233 e. The molecule has 0 amide bonds. The first-order valence-corrected chi connectivity index (χ1v) is 14.4. The van der Waals surface area contributed by atoms with Crippen molar-refractivity contribution in [3.8, 4) is 5.75 Å². The molecule has 1 aromatic carbocycles. The maximum atomic E-state index is 15.2. The summed E-state index contributed by atoms with van der Waals surface area (Å²) in [7, 11) is -1.92. The number of anilines is 6. The topological polar surface area (TPSA) is 129 Å². The molecule has 2 aliphatic rings. The molecule has 0 unspecified atom stereocenters. The number of hydrogen-bond donors (Lipinski definition) is 2. The van der Waals surface area contributed by atoms with Crippen molar-refractivity contribution in [1.82, 2.24) is 25.1 Å². The Hall–Kier alpha value is -4.26. The van der Waals surface area contributed by atoms with Crippen molar-refractivity contribution in [1.29, 1.82) is 0 Å². The third kappa shape index (κ3) is 4.85. The van der Waals surface area contributed by atoms with Crippen molar-refractivity contribution in [3.63, 3.8) is 0 Å². The first-order chi connectivity index (χ1) is 18.7. The number of aryl methyl sites for hydroxylation is 1. The fourth-order valence-electron chi connectivity index (χ4n) is 4.63. The van der Waals surface area contributed by atoms with Crippen LogP contribution in [-0.4, -0.2) is 60.0 Å². The van der Waals surface area contributed by atoms with Gasteiger partial charge in [-0.15, -0.1) is 0 Å². The first kappa shape index (κ1) is 25.0. The minimum absolute atomic E-state index is 0.100. The predicted octanol–water partition coefficient (Wildman–Crippen LogP) is 4.37. The van der Waals surface area contributed by atoms with Crippen LogP contribution in [0.5, 0.6) is 5.75 Å². The van der Waals surface area contributed by atoms with E-state index >= 15 is 4.39 Å². The SMILES string of the molecule is Cc1cc(Nc2nc(N(C)c3ccc(S(C)(=O)=O)cc3F)nc(N3CCOc4ccncc43)c2C2CC2)n[nH]1. The van der Waals surface area contributed by atoms with E-state index in [2.05, 4.69) is 25.4 Å². The van der Waals surface area contributed by atoms with E-state index in [1.807, 2.05) is 19.1 Å². The lowest BCUT2D eigenvalue weighted by atomic mass is 10.1. The lowest BCUT2D eigenvalue weighted by Crippen LogP contribution is -2.31. The van der Waals surface area contributed by atoms with Crippen molar-refractivity contribution in [2.45, 2.75) is 30.6 Å². The Morgan fingerprint density at radius 2 is 2.03 bits per heavy atom. The second-order valence-electron chi connectivity index (χ2n) is 9.73. The summed E-state index contributed by atoms with van der Waals surface area (Å²) >= 11 is 0. The molecule has 1 aliphatic carbocycles. The van der Waals surface area contributed by atoms with E-state index in [1.165, 1.54) is 17.0 Å². The average Bonchev–Trinajstić information content (AvgIpc) is 3.67. The van der Waals surface area contributed by atoms with Crippen LogP contribution in [0, 0.1) is 12.7 Å². The van der Waals surface area contributed by atoms with Crippen LogP contribution in [0.3, 0.4) is 0 Å². The number of rotatable bonds is 7. The molecule has 1 fully saturated rings. The third-order valence-electron chi connectivity index (χ3n) is 6.74. The number of ether oxygens (including phenoxy) is 1. The highest BCUT2D eigenvalue weighted by molar-refractivity contribution is 7.90. The van der Waals surface area contributed by atoms with Gasteiger partial charge in [-0.05, 0) is 43.9 Å². The minimum Gasteiger partial charge on any atom is -0.489 e. The summed E-state index contributed by atoms with van der Waals surface area (Å²) in [6.45, 7) is 2.90. The van der Waals surface area contributed by atoms with Crippen LogP contribution in [0.2, 0.25) is 0 Å². The van der Waals surface area contributed by atoms with Crippen LogP contribution in [0.25, 0.3) is 0 Å². The number of benzene rings is 1. The molecule has 0 saturated heterocycles. The predicted molar refractivity (Wildman–Crippen MR) is 145 cm³/mol. The highest BCUT2D eigenvalue weighted by Crippen LogP contribution is 2.50. The van der Waals surface area contributed by atoms with Crippen molar-refractivity contribution in [2.75, 3.05) is 41.6 Å². The van der Waals surface area contributed by atoms with Gasteiger partial charge in [-0.2, -0.15) is 15.1 Å². The number of halogens is 1. The standard InChI is InChI=1S/C26H27FN8O3S/c1-15-12-22(33-32-15)29-24-23(16-4-5-16)25(35-10-11-38-21-8-9-28-14-20(21)35)31-26(30-24)34(2)19-7-6-17(13-18(19)27)39(3,36)37/h6-9,12-14,16H,4-5,10-11H2,1-3H3,(H2,29,30,31,32,33). The van der Waals surface area contributed by atoms with Gasteiger partial charge >= 0.3 is 0 Å². The quantitative estimate of drug-likeness (QED) is 0.342. The van der Waals surface area contributed by atoms with Gasteiger partial charge in [-0.25, -0.2) is 12.8 Å². The molecule has 0 spiro atoms. The number of hydrogen-bond acceptors (Lipinski definition) is 10. The maximum absolute atomic E-state index is 15.2. The van der Waals surface area contributed by atoms with Crippen LogP contribution < -0.4 is 19.9 Å². The fourth-order valence-corrected chi connectivity index (χ4v) is 5.26. The number of nitrogens with zero attached hydrogens (tertiary/aromatic N) is 6. The van der Waals surface area contributed by atoms with E-state index in [0.29, 0.717) is 36.4 Å². The van der Waals surface area contributed by atoms with Gasteiger partial charge in [0.1, 0.15) is 35.5 Å². The van der Waals surface area contributed by atoms with Crippen LogP contribution in [0.4, 0.5) is 39.2 Å². The summed E-state index contributed by atoms with van der Waals surface area (Å²) < 4.78 is 44.9. The molecule has 13 heteroatoms. The van der Waals surface area contributed by atoms with E-state index in [9.17, 15) is 8.42 Å². The van der Waals surface area contributed by atoms with Gasteiger partial charge in [-0.1, -0.05) is 0 Å². The molecule has 4 aromatic rings. The Kier molecular flexibility index (Phi) is 6.09. The second-order valence-corrected chi connectivity index (χ2v) is 11.7. The Morgan fingerprint density at radius 3 is 2.72 bits per heavy atom. The van der Waals surface area contributed by atoms with Crippen molar-refractivity contribution >= 4 is 44.6 Å². The molecule has 4 heterocycles. The first-order valence-electron chi connectivity index (χ1n) is 12.5. The fraction of sp³-hybridized carbons (Fsp3) is 0.308. The van der Waals surface area contributed by atoms with E-state index in [1.54, 1.807) is 19.4 Å². The van der Waals surface area contributed by atoms with Gasteiger partial charge in [0.2, 0.25) is 5.95 Å². The monoisotopic (exact) mass is 550 g/mol. The molecule has 1 aliphatic heterocycles. The van der Waals surface area contributed by atoms with Gasteiger partial charge in [0, 0.05) is 42.9 Å². The van der Waals surface area contributed by atoms with Crippen molar-refractivity contribution < 1.29 is 17.5 Å². The molecule has 39 heavy (non-hydrogen) atoms. The normalized spacial score (nSPS) is 15.0. The highest BCUT2D eigenvalue weighted by atomic mass is 32.2. The number of aromatic amines is 1. The van der Waals surface area contributed by atoms with Gasteiger partial charge in [-0.3, -0.25) is 10.1 Å². The Balaban J connectivity index is 1.51. The van der Waals surface area contributed by atoms with Gasteiger partial charge in [0.15, 0.2) is 15.7 Å². The molecule has 0 bridgehead atoms. The van der Waals surface area contributed by atoms with Gasteiger partial charge in [0.05, 0.1) is 23.3 Å². The Bertz CT molecular complexity index is 1670. The molecule has 3 aromatic heterocycles. The molecule has 6 rings (SSSR count). The molecular formula is C26H27FN8O3S. The number of sulfone groups is 1. The van der Waals surface area contributed by atoms with Crippen molar-refractivity contribution in [2.24, 2.45) is 0 Å². The molecule has 1 saturated carbocycles. The summed E-state index contributed by atoms with van der Waals surface area (Å²) in [6, 6.07) is 7.49. The number of nitrogens with one attached hydrogen (secondary N) is 2. The van der Waals surface area contributed by atoms with Crippen LogP contribution in [-0.2, 0) is 9.84 Å². The van der Waals surface area contributed by atoms with Crippen molar-refractivity contribution in [3.05, 3.63) is 59.8 Å². The zero-order chi connectivity index (χ0) is 27.3. The van der Waals surface area contributed by atoms with E-state index in [4.69, 9.17) is 14.7 Å². The molecule has 2 N–H and O–H groups in total. The molecule has 0 atom stereocenters. The number of fused-ring (bicyclic) bond motifs is 1. The van der Waals surface area contributed by atoms with Crippen LogP contribution >= 0.6 is 0 Å². The maximum Gasteiger partial charge on any atom is 0.233 e. The Labute approximate surface area is 225 Å².